The Morgan fingerprint density at radius 2 is 1.88 bits per heavy atom. The molecule has 1 amide bonds. The first-order chi connectivity index (χ1) is 7.50. The summed E-state index contributed by atoms with van der Waals surface area (Å²) in [6.07, 6.45) is 1.56. The van der Waals surface area contributed by atoms with Gasteiger partial charge in [0, 0.05) is 23.6 Å². The number of anilines is 1. The van der Waals surface area contributed by atoms with Crippen LogP contribution in [0.4, 0.5) is 5.69 Å². The Kier molecular flexibility index (Phi) is 5.00. The molecule has 1 aromatic rings. The molecule has 0 aliphatic carbocycles. The molecule has 0 aliphatic rings. The van der Waals surface area contributed by atoms with Crippen molar-refractivity contribution in [3.63, 3.8) is 0 Å². The molecule has 3 heteroatoms. The summed E-state index contributed by atoms with van der Waals surface area (Å²) in [6.45, 7) is 4.26. The van der Waals surface area contributed by atoms with Gasteiger partial charge in [0.05, 0.1) is 0 Å². The molecular weight excluding hydrogens is 266 g/mol. The van der Waals surface area contributed by atoms with Crippen molar-refractivity contribution in [2.45, 2.75) is 26.7 Å². The predicted octanol–water partition coefficient (Wildman–Crippen LogP) is 3.85. The second-order valence-electron chi connectivity index (χ2n) is 4.36. The predicted molar refractivity (Wildman–Crippen MR) is 71.6 cm³/mol. The van der Waals surface area contributed by atoms with Gasteiger partial charge in [0.1, 0.15) is 0 Å². The number of rotatable bonds is 4. The molecule has 0 saturated carbocycles. The van der Waals surface area contributed by atoms with Crippen molar-refractivity contribution in [1.29, 1.82) is 0 Å². The summed E-state index contributed by atoms with van der Waals surface area (Å²) in [5, 5.41) is 0. The van der Waals surface area contributed by atoms with Crippen molar-refractivity contribution in [3.8, 4) is 0 Å². The van der Waals surface area contributed by atoms with E-state index >= 15 is 0 Å². The van der Waals surface area contributed by atoms with Crippen molar-refractivity contribution in [2.75, 3.05) is 11.9 Å². The van der Waals surface area contributed by atoms with E-state index in [0.29, 0.717) is 12.3 Å². The summed E-state index contributed by atoms with van der Waals surface area (Å²) in [7, 11) is 1.83. The molecule has 1 aromatic carbocycles. The molecule has 0 bridgehead atoms. The Morgan fingerprint density at radius 3 is 2.38 bits per heavy atom. The molecule has 0 atom stereocenters. The van der Waals surface area contributed by atoms with Crippen LogP contribution in [0.15, 0.2) is 28.7 Å². The third-order valence-corrected chi connectivity index (χ3v) is 3.05. The first kappa shape index (κ1) is 13.2. The van der Waals surface area contributed by atoms with Crippen molar-refractivity contribution >= 4 is 27.5 Å². The molecule has 0 radical (unpaired) electrons. The van der Waals surface area contributed by atoms with Crippen molar-refractivity contribution in [3.05, 3.63) is 28.7 Å². The molecule has 0 aliphatic heterocycles. The molecule has 0 aromatic heterocycles. The molecule has 1 rings (SSSR count). The van der Waals surface area contributed by atoms with Gasteiger partial charge in [0.15, 0.2) is 0 Å². The Hall–Kier alpha value is -0.830. The summed E-state index contributed by atoms with van der Waals surface area (Å²) in [5.41, 5.74) is 0.942. The average Bonchev–Trinajstić information content (AvgIpc) is 2.26. The maximum absolute atomic E-state index is 11.8. The molecule has 16 heavy (non-hydrogen) atoms. The Labute approximate surface area is 106 Å². The molecule has 0 N–H and O–H groups in total. The van der Waals surface area contributed by atoms with E-state index in [1.807, 2.05) is 31.3 Å². The Morgan fingerprint density at radius 1 is 1.31 bits per heavy atom. The lowest BCUT2D eigenvalue weighted by molar-refractivity contribution is -0.118. The van der Waals surface area contributed by atoms with E-state index in [2.05, 4.69) is 29.8 Å². The minimum atomic E-state index is 0.177. The number of halogens is 1. The molecular formula is C13H18BrNO. The zero-order valence-electron chi connectivity index (χ0n) is 10.0. The zero-order valence-corrected chi connectivity index (χ0v) is 11.6. The topological polar surface area (TPSA) is 20.3 Å². The molecule has 0 spiro atoms. The van der Waals surface area contributed by atoms with Gasteiger partial charge in [-0.05, 0) is 36.6 Å². The quantitative estimate of drug-likeness (QED) is 0.822. The Balaban J connectivity index is 2.59. The summed E-state index contributed by atoms with van der Waals surface area (Å²) >= 11 is 3.38. The summed E-state index contributed by atoms with van der Waals surface area (Å²) in [6, 6.07) is 7.78. The lowest BCUT2D eigenvalue weighted by Gasteiger charge is -2.17. The van der Waals surface area contributed by atoms with Crippen LogP contribution in [-0.4, -0.2) is 13.0 Å². The van der Waals surface area contributed by atoms with Crippen LogP contribution < -0.4 is 4.90 Å². The fourth-order valence-corrected chi connectivity index (χ4v) is 1.65. The van der Waals surface area contributed by atoms with Gasteiger partial charge in [-0.3, -0.25) is 4.79 Å². The van der Waals surface area contributed by atoms with Crippen molar-refractivity contribution < 1.29 is 4.79 Å². The molecule has 88 valence electrons. The maximum atomic E-state index is 11.8. The van der Waals surface area contributed by atoms with E-state index in [0.717, 1.165) is 16.6 Å². The summed E-state index contributed by atoms with van der Waals surface area (Å²) in [5.74, 6) is 0.748. The monoisotopic (exact) mass is 283 g/mol. The van der Waals surface area contributed by atoms with E-state index in [4.69, 9.17) is 0 Å². The lowest BCUT2D eigenvalue weighted by atomic mass is 10.1. The van der Waals surface area contributed by atoms with Crippen LogP contribution in [0.5, 0.6) is 0 Å². The molecule has 2 nitrogen and oxygen atoms in total. The molecule has 0 fully saturated rings. The van der Waals surface area contributed by atoms with Crippen LogP contribution in [0.2, 0.25) is 0 Å². The second kappa shape index (κ2) is 6.04. The van der Waals surface area contributed by atoms with Gasteiger partial charge in [-0.1, -0.05) is 29.8 Å². The number of carbonyl (C=O) groups excluding carboxylic acids is 1. The van der Waals surface area contributed by atoms with Gasteiger partial charge in [-0.2, -0.15) is 0 Å². The van der Waals surface area contributed by atoms with Gasteiger partial charge < -0.3 is 4.90 Å². The van der Waals surface area contributed by atoms with Crippen molar-refractivity contribution in [1.82, 2.24) is 0 Å². The van der Waals surface area contributed by atoms with Crippen LogP contribution >= 0.6 is 15.9 Å². The van der Waals surface area contributed by atoms with Crippen LogP contribution in [0, 0.1) is 5.92 Å². The highest BCUT2D eigenvalue weighted by Crippen LogP contribution is 2.18. The lowest BCUT2D eigenvalue weighted by Crippen LogP contribution is -2.26. The van der Waals surface area contributed by atoms with E-state index in [9.17, 15) is 4.79 Å². The Bertz CT molecular complexity index is 345. The van der Waals surface area contributed by atoms with Crippen LogP contribution in [-0.2, 0) is 4.79 Å². The van der Waals surface area contributed by atoms with Crippen molar-refractivity contribution in [2.24, 2.45) is 5.92 Å². The minimum Gasteiger partial charge on any atom is -0.316 e. The zero-order chi connectivity index (χ0) is 12.1. The van der Waals surface area contributed by atoms with E-state index < -0.39 is 0 Å². The van der Waals surface area contributed by atoms with Crippen LogP contribution in [0.1, 0.15) is 26.7 Å². The smallest absolute Gasteiger partial charge is 0.226 e. The second-order valence-corrected chi connectivity index (χ2v) is 5.28. The van der Waals surface area contributed by atoms with Gasteiger partial charge in [-0.15, -0.1) is 0 Å². The minimum absolute atomic E-state index is 0.177. The number of nitrogens with zero attached hydrogens (tertiary/aromatic N) is 1. The molecule has 0 heterocycles. The normalized spacial score (nSPS) is 10.6. The fraction of sp³-hybridized carbons (Fsp3) is 0.462. The largest absolute Gasteiger partial charge is 0.316 e. The standard InChI is InChI=1S/C13H18BrNO/c1-10(2)4-9-13(16)15(3)12-7-5-11(14)6-8-12/h5-8,10H,4,9H2,1-3H3. The molecule has 0 saturated heterocycles. The van der Waals surface area contributed by atoms with Gasteiger partial charge in [0.25, 0.3) is 0 Å². The summed E-state index contributed by atoms with van der Waals surface area (Å²) in [4.78, 5) is 13.6. The third-order valence-electron chi connectivity index (χ3n) is 2.52. The average molecular weight is 284 g/mol. The van der Waals surface area contributed by atoms with Gasteiger partial charge in [0.2, 0.25) is 5.91 Å². The first-order valence-electron chi connectivity index (χ1n) is 5.53. The highest BCUT2D eigenvalue weighted by molar-refractivity contribution is 9.10. The fourth-order valence-electron chi connectivity index (χ4n) is 1.39. The third kappa shape index (κ3) is 3.97. The highest BCUT2D eigenvalue weighted by atomic mass is 79.9. The summed E-state index contributed by atoms with van der Waals surface area (Å²) < 4.78 is 1.03. The number of hydrogen-bond acceptors (Lipinski definition) is 1. The highest BCUT2D eigenvalue weighted by Gasteiger charge is 2.10. The number of amides is 1. The number of hydrogen-bond donors (Lipinski definition) is 0. The SMILES string of the molecule is CC(C)CCC(=O)N(C)c1ccc(Br)cc1. The van der Waals surface area contributed by atoms with E-state index in [1.165, 1.54) is 0 Å². The number of benzene rings is 1. The van der Waals surface area contributed by atoms with Crippen LogP contribution in [0.25, 0.3) is 0 Å². The van der Waals surface area contributed by atoms with Gasteiger partial charge in [-0.25, -0.2) is 0 Å². The van der Waals surface area contributed by atoms with E-state index in [-0.39, 0.29) is 5.91 Å². The molecule has 0 unspecified atom stereocenters. The van der Waals surface area contributed by atoms with E-state index in [1.54, 1.807) is 4.90 Å². The first-order valence-corrected chi connectivity index (χ1v) is 6.32. The van der Waals surface area contributed by atoms with Gasteiger partial charge >= 0.3 is 0 Å². The van der Waals surface area contributed by atoms with Crippen LogP contribution in [0.3, 0.4) is 0 Å². The number of carbonyl (C=O) groups is 1. The maximum Gasteiger partial charge on any atom is 0.226 e.